The van der Waals surface area contributed by atoms with Crippen LogP contribution in [0.4, 0.5) is 18.0 Å². The lowest BCUT2D eigenvalue weighted by atomic mass is 9.84. The molecule has 3 aliphatic rings. The van der Waals surface area contributed by atoms with E-state index in [2.05, 4.69) is 0 Å². The Morgan fingerprint density at radius 3 is 2.23 bits per heavy atom. The number of sulfonamides is 1. The quantitative estimate of drug-likeness (QED) is 0.322. The van der Waals surface area contributed by atoms with Crippen LogP contribution < -0.4 is 0 Å². The zero-order valence-corrected chi connectivity index (χ0v) is 25.3. The van der Waals surface area contributed by atoms with Gasteiger partial charge >= 0.3 is 6.09 Å². The Hall–Kier alpha value is -3.12. The molecule has 1 amide bonds. The first-order valence-electron chi connectivity index (χ1n) is 14.6. The van der Waals surface area contributed by atoms with Crippen molar-refractivity contribution in [1.82, 2.24) is 9.21 Å². The molecule has 1 N–H and O–H groups in total. The van der Waals surface area contributed by atoms with Crippen LogP contribution in [-0.2, 0) is 20.4 Å². The molecule has 2 atom stereocenters. The van der Waals surface area contributed by atoms with Crippen LogP contribution in [-0.4, -0.2) is 53.6 Å². The Kier molecular flexibility index (Phi) is 8.19. The van der Waals surface area contributed by atoms with Crippen molar-refractivity contribution in [3.8, 4) is 0 Å². The highest BCUT2D eigenvalue weighted by Crippen LogP contribution is 2.53. The van der Waals surface area contributed by atoms with E-state index in [9.17, 15) is 31.5 Å². The van der Waals surface area contributed by atoms with E-state index < -0.39 is 61.7 Å². The van der Waals surface area contributed by atoms with E-state index in [1.165, 1.54) is 23.1 Å². The van der Waals surface area contributed by atoms with Crippen LogP contribution in [0.5, 0.6) is 0 Å². The van der Waals surface area contributed by atoms with Crippen LogP contribution in [0, 0.1) is 17.5 Å². The molecule has 2 aliphatic heterocycles. The van der Waals surface area contributed by atoms with Crippen LogP contribution in [0.3, 0.4) is 0 Å². The zero-order valence-electron chi connectivity index (χ0n) is 23.8. The van der Waals surface area contributed by atoms with Gasteiger partial charge in [0.1, 0.15) is 27.9 Å². The predicted molar refractivity (Wildman–Crippen MR) is 157 cm³/mol. The van der Waals surface area contributed by atoms with Gasteiger partial charge < -0.3 is 14.7 Å². The van der Waals surface area contributed by atoms with Crippen molar-refractivity contribution in [2.45, 2.75) is 73.1 Å². The number of carbonyl (C=O) groups excluding carboxylic acids is 1. The number of benzene rings is 3. The van der Waals surface area contributed by atoms with Crippen LogP contribution in [0.25, 0.3) is 0 Å². The minimum Gasteiger partial charge on any atom is -0.441 e. The normalized spacial score (nSPS) is 23.2. The van der Waals surface area contributed by atoms with Crippen LogP contribution in [0.2, 0.25) is 5.02 Å². The molecule has 3 fully saturated rings. The number of hydrogen-bond donors (Lipinski definition) is 1. The summed E-state index contributed by atoms with van der Waals surface area (Å²) in [6.07, 6.45) is 1.91. The van der Waals surface area contributed by atoms with Crippen LogP contribution in [0.1, 0.15) is 62.1 Å². The summed E-state index contributed by atoms with van der Waals surface area (Å²) in [4.78, 5) is 14.3. The lowest BCUT2D eigenvalue weighted by molar-refractivity contribution is -0.0427. The highest BCUT2D eigenvalue weighted by molar-refractivity contribution is 7.89. The van der Waals surface area contributed by atoms with Crippen molar-refractivity contribution >= 4 is 27.7 Å². The first-order chi connectivity index (χ1) is 20.9. The summed E-state index contributed by atoms with van der Waals surface area (Å²) < 4.78 is 78.6. The van der Waals surface area contributed by atoms with Crippen LogP contribution >= 0.6 is 11.6 Å². The molecule has 2 heterocycles. The Morgan fingerprint density at radius 1 is 0.909 bits per heavy atom. The number of nitrogens with zero attached hydrogens (tertiary/aromatic N) is 2. The predicted octanol–water partition coefficient (Wildman–Crippen LogP) is 6.69. The first kappa shape index (κ1) is 30.9. The van der Waals surface area contributed by atoms with Crippen molar-refractivity contribution in [2.24, 2.45) is 0 Å². The van der Waals surface area contributed by atoms with Gasteiger partial charge in [0, 0.05) is 24.2 Å². The number of rotatable bonds is 6. The van der Waals surface area contributed by atoms with Gasteiger partial charge in [-0.25, -0.2) is 26.4 Å². The van der Waals surface area contributed by atoms with Crippen molar-refractivity contribution < 1.29 is 36.2 Å². The Bertz CT molecular complexity index is 1660. The second-order valence-corrected chi connectivity index (χ2v) is 14.1. The number of piperidine rings is 2. The molecule has 1 aliphatic carbocycles. The number of hydrogen-bond acceptors (Lipinski definition) is 5. The average Bonchev–Trinajstić information content (AvgIpc) is 3.77. The molecule has 1 saturated carbocycles. The lowest BCUT2D eigenvalue weighted by Crippen LogP contribution is -2.55. The highest BCUT2D eigenvalue weighted by atomic mass is 35.5. The third-order valence-electron chi connectivity index (χ3n) is 9.12. The zero-order chi connectivity index (χ0) is 31.3. The second kappa shape index (κ2) is 11.7. The van der Waals surface area contributed by atoms with E-state index >= 15 is 0 Å². The van der Waals surface area contributed by atoms with Gasteiger partial charge in [0.2, 0.25) is 10.0 Å². The number of halogens is 4. The van der Waals surface area contributed by atoms with Gasteiger partial charge in [-0.15, -0.1) is 0 Å². The molecule has 6 rings (SSSR count). The lowest BCUT2D eigenvalue weighted by Gasteiger charge is -2.45. The molecule has 0 aromatic heterocycles. The fourth-order valence-corrected chi connectivity index (χ4v) is 8.70. The van der Waals surface area contributed by atoms with Gasteiger partial charge in [0.05, 0.1) is 17.7 Å². The smallest absolute Gasteiger partial charge is 0.410 e. The Labute approximate surface area is 259 Å². The first-order valence-corrected chi connectivity index (χ1v) is 16.4. The largest absolute Gasteiger partial charge is 0.441 e. The van der Waals surface area contributed by atoms with Gasteiger partial charge in [-0.1, -0.05) is 35.9 Å². The van der Waals surface area contributed by atoms with E-state index in [4.69, 9.17) is 16.3 Å². The molecular weight excluding hydrogens is 617 g/mol. The number of likely N-dealkylation sites (tertiary alicyclic amines) is 1. The number of amides is 1. The van der Waals surface area contributed by atoms with E-state index in [1.54, 1.807) is 30.3 Å². The third kappa shape index (κ3) is 5.82. The van der Waals surface area contributed by atoms with E-state index in [0.717, 1.165) is 16.4 Å². The van der Waals surface area contributed by atoms with E-state index in [-0.39, 0.29) is 25.9 Å². The van der Waals surface area contributed by atoms with Crippen LogP contribution in [0.15, 0.2) is 71.6 Å². The summed E-state index contributed by atoms with van der Waals surface area (Å²) in [7, 11) is -4.60. The molecular formula is C32H32ClF3N2O5S. The molecule has 2 saturated heterocycles. The maximum atomic E-state index is 15.0. The topological polar surface area (TPSA) is 87.2 Å². The van der Waals surface area contributed by atoms with Gasteiger partial charge in [-0.2, -0.15) is 4.31 Å². The summed E-state index contributed by atoms with van der Waals surface area (Å²) >= 11 is 5.99. The number of carbonyl (C=O) groups is 1. The van der Waals surface area contributed by atoms with Gasteiger partial charge in [-0.05, 0) is 92.5 Å². The molecule has 0 unspecified atom stereocenters. The summed E-state index contributed by atoms with van der Waals surface area (Å²) in [5.74, 6) is -2.71. The summed E-state index contributed by atoms with van der Waals surface area (Å²) in [6, 6.07) is 13.0. The SMILES string of the molecule is O=C(OC1([C@H]2CCC[C@@H](c3cccc(F)c3)N2S(=O)(=O)c2ccc(F)cc2F)CC1)N1CCC(O)(c2ccc(Cl)cc2)CC1. The van der Waals surface area contributed by atoms with Gasteiger partial charge in [0.25, 0.3) is 0 Å². The van der Waals surface area contributed by atoms with Crippen molar-refractivity contribution in [1.29, 1.82) is 0 Å². The standard InChI is InChI=1S/C32H32ClF3N2O5S/c33-23-9-7-22(8-10-23)31(40)15-17-37(18-16-31)30(39)43-32(13-14-32)29-6-2-5-27(21-3-1-4-24(34)19-21)38(29)44(41,42)28-12-11-25(35)20-26(28)36/h1,3-4,7-12,19-20,27,29,40H,2,5-6,13-18H2/t27-,29+/m0/s1. The summed E-state index contributed by atoms with van der Waals surface area (Å²) in [5.41, 5.74) is -1.21. The molecule has 7 nitrogen and oxygen atoms in total. The molecule has 12 heteroatoms. The van der Waals surface area contributed by atoms with Gasteiger partial charge in [0.15, 0.2) is 0 Å². The van der Waals surface area contributed by atoms with Gasteiger partial charge in [-0.3, -0.25) is 0 Å². The van der Waals surface area contributed by atoms with Crippen molar-refractivity contribution in [3.05, 3.63) is 100 Å². The monoisotopic (exact) mass is 648 g/mol. The fourth-order valence-electron chi connectivity index (χ4n) is 6.60. The minimum atomic E-state index is -4.60. The molecule has 3 aromatic carbocycles. The molecule has 44 heavy (non-hydrogen) atoms. The van der Waals surface area contributed by atoms with Crippen molar-refractivity contribution in [3.63, 3.8) is 0 Å². The summed E-state index contributed by atoms with van der Waals surface area (Å²) in [6.45, 7) is 0.431. The average molecular weight is 649 g/mol. The minimum absolute atomic E-state index is 0.216. The number of aliphatic hydroxyl groups is 1. The second-order valence-electron chi connectivity index (χ2n) is 11.9. The molecule has 0 bridgehead atoms. The molecule has 0 spiro atoms. The Morgan fingerprint density at radius 2 is 1.59 bits per heavy atom. The van der Waals surface area contributed by atoms with Crippen molar-refractivity contribution in [2.75, 3.05) is 13.1 Å². The van der Waals surface area contributed by atoms with E-state index in [0.29, 0.717) is 54.3 Å². The highest BCUT2D eigenvalue weighted by Gasteiger charge is 2.60. The van der Waals surface area contributed by atoms with E-state index in [1.807, 2.05) is 0 Å². The summed E-state index contributed by atoms with van der Waals surface area (Å²) in [5, 5.41) is 11.8. The number of ether oxygens (including phenoxy) is 1. The molecule has 234 valence electrons. The maximum Gasteiger partial charge on any atom is 0.410 e. The molecule has 0 radical (unpaired) electrons. The Balaban J connectivity index is 1.27. The molecule has 3 aromatic rings. The third-order valence-corrected chi connectivity index (χ3v) is 11.3. The maximum absolute atomic E-state index is 15.0. The fraction of sp³-hybridized carbons (Fsp3) is 0.406.